The number of rotatable bonds is 5. The number of carbonyl (C=O) groups is 4. The predicted octanol–water partition coefficient (Wildman–Crippen LogP) is 5.53. The largest absolute Gasteiger partial charge is 0.481 e. The van der Waals surface area contributed by atoms with Crippen LogP contribution in [0.4, 0.5) is 0 Å². The Morgan fingerprint density at radius 1 is 1.03 bits per heavy atom. The molecular weight excluding hydrogens is 444 g/mol. The van der Waals surface area contributed by atoms with E-state index in [-0.39, 0.29) is 58.6 Å². The molecule has 2 fully saturated rings. The minimum absolute atomic E-state index is 0.0667. The molecule has 0 radical (unpaired) electrons. The van der Waals surface area contributed by atoms with E-state index in [1.807, 2.05) is 0 Å². The van der Waals surface area contributed by atoms with Crippen molar-refractivity contribution in [2.45, 2.75) is 106 Å². The van der Waals surface area contributed by atoms with Crippen molar-refractivity contribution in [2.75, 3.05) is 0 Å². The van der Waals surface area contributed by atoms with Crippen molar-refractivity contribution in [1.82, 2.24) is 0 Å². The Balaban J connectivity index is 1.77. The first kappa shape index (κ1) is 26.1. The number of fused-ring (bicyclic) bond motifs is 4. The molecule has 0 heterocycles. The van der Waals surface area contributed by atoms with Gasteiger partial charge in [-0.1, -0.05) is 41.5 Å². The Labute approximate surface area is 209 Å². The molecule has 35 heavy (non-hydrogen) atoms. The lowest BCUT2D eigenvalue weighted by atomic mass is 9.42. The van der Waals surface area contributed by atoms with Crippen molar-refractivity contribution >= 4 is 23.5 Å². The highest BCUT2D eigenvalue weighted by atomic mass is 16.5. The van der Waals surface area contributed by atoms with Gasteiger partial charge in [0, 0.05) is 53.6 Å². The third kappa shape index (κ3) is 3.64. The van der Waals surface area contributed by atoms with Gasteiger partial charge in [-0.05, 0) is 55.3 Å². The summed E-state index contributed by atoms with van der Waals surface area (Å²) in [6, 6.07) is 0. The zero-order valence-electron chi connectivity index (χ0n) is 22.5. The van der Waals surface area contributed by atoms with Crippen LogP contribution in [0.15, 0.2) is 11.1 Å². The second-order valence-corrected chi connectivity index (χ2v) is 13.2. The van der Waals surface area contributed by atoms with Crippen LogP contribution in [-0.4, -0.2) is 34.7 Å². The number of hydrogen-bond donors (Lipinski definition) is 1. The van der Waals surface area contributed by atoms with Gasteiger partial charge in [-0.3, -0.25) is 19.2 Å². The zero-order chi connectivity index (χ0) is 26.1. The maximum absolute atomic E-state index is 14.0. The summed E-state index contributed by atoms with van der Waals surface area (Å²) < 4.78 is 5.69. The van der Waals surface area contributed by atoms with Crippen molar-refractivity contribution in [3.8, 4) is 0 Å². The number of carbonyl (C=O) groups excluding carboxylic acids is 3. The van der Waals surface area contributed by atoms with Crippen LogP contribution in [-0.2, 0) is 23.9 Å². The van der Waals surface area contributed by atoms with Crippen molar-refractivity contribution < 1.29 is 29.0 Å². The Kier molecular flexibility index (Phi) is 6.17. The van der Waals surface area contributed by atoms with Crippen LogP contribution < -0.4 is 0 Å². The van der Waals surface area contributed by atoms with Gasteiger partial charge in [-0.15, -0.1) is 0 Å². The third-order valence-corrected chi connectivity index (χ3v) is 11.1. The van der Waals surface area contributed by atoms with E-state index in [0.29, 0.717) is 25.7 Å². The summed E-state index contributed by atoms with van der Waals surface area (Å²) in [6.45, 7) is 14.2. The predicted molar refractivity (Wildman–Crippen MR) is 131 cm³/mol. The fourth-order valence-electron chi connectivity index (χ4n) is 9.06. The molecule has 194 valence electrons. The molecule has 0 bridgehead atoms. The monoisotopic (exact) mass is 486 g/mol. The quantitative estimate of drug-likeness (QED) is 0.513. The SMILES string of the molecule is CC(=O)OC1CCC2(C)C3=C(C(=O)CC2C1(C)C)C1(C)CCC(C(C)CCC(=O)O)C1(C)CC3=O. The van der Waals surface area contributed by atoms with Gasteiger partial charge < -0.3 is 9.84 Å². The summed E-state index contributed by atoms with van der Waals surface area (Å²) in [4.78, 5) is 51.0. The first-order valence-corrected chi connectivity index (χ1v) is 13.3. The average Bonchev–Trinajstić information content (AvgIpc) is 3.00. The van der Waals surface area contributed by atoms with Crippen LogP contribution >= 0.6 is 0 Å². The van der Waals surface area contributed by atoms with Crippen LogP contribution in [0.25, 0.3) is 0 Å². The number of ketones is 2. The van der Waals surface area contributed by atoms with Gasteiger partial charge in [0.2, 0.25) is 0 Å². The standard InChI is InChI=1S/C29H42O6/c1-16(8-9-23(33)34)18-10-13-28(6)25-19(31)14-21-26(3,4)22(35-17(2)30)11-12-27(21,5)24(25)20(32)15-29(18,28)7/h16,18,21-22H,8-15H2,1-7H3,(H,33,34). The van der Waals surface area contributed by atoms with E-state index < -0.39 is 16.8 Å². The van der Waals surface area contributed by atoms with E-state index in [9.17, 15) is 24.3 Å². The molecule has 0 spiro atoms. The molecule has 7 atom stereocenters. The lowest BCUT2D eigenvalue weighted by molar-refractivity contribution is -0.169. The van der Waals surface area contributed by atoms with E-state index in [1.165, 1.54) is 6.92 Å². The molecule has 6 nitrogen and oxygen atoms in total. The Morgan fingerprint density at radius 2 is 1.69 bits per heavy atom. The van der Waals surface area contributed by atoms with Crippen LogP contribution in [0.2, 0.25) is 0 Å². The summed E-state index contributed by atoms with van der Waals surface area (Å²) in [5.41, 5.74) is -0.0581. The van der Waals surface area contributed by atoms with E-state index in [0.717, 1.165) is 30.4 Å². The second kappa shape index (κ2) is 8.27. The van der Waals surface area contributed by atoms with Crippen molar-refractivity contribution in [3.05, 3.63) is 11.1 Å². The smallest absolute Gasteiger partial charge is 0.303 e. The number of carboxylic acids is 1. The summed E-state index contributed by atoms with van der Waals surface area (Å²) in [6.07, 6.45) is 4.40. The highest BCUT2D eigenvalue weighted by Crippen LogP contribution is 2.71. The maximum Gasteiger partial charge on any atom is 0.303 e. The van der Waals surface area contributed by atoms with Crippen molar-refractivity contribution in [1.29, 1.82) is 0 Å². The number of Topliss-reactive ketones (excluding diaryl/α,β-unsaturated/α-hetero) is 2. The molecule has 0 saturated heterocycles. The molecule has 0 aromatic heterocycles. The molecular formula is C29H42O6. The Hall–Kier alpha value is -1.98. The molecule has 0 aliphatic heterocycles. The highest BCUT2D eigenvalue weighted by Gasteiger charge is 2.67. The molecule has 2 saturated carbocycles. The first-order chi connectivity index (χ1) is 16.1. The topological polar surface area (TPSA) is 97.7 Å². The van der Waals surface area contributed by atoms with Gasteiger partial charge in [-0.2, -0.15) is 0 Å². The number of carboxylic acid groups (broad SMARTS) is 1. The zero-order valence-corrected chi connectivity index (χ0v) is 22.5. The lowest BCUT2D eigenvalue weighted by Crippen LogP contribution is -2.59. The van der Waals surface area contributed by atoms with Crippen LogP contribution in [0.5, 0.6) is 0 Å². The number of aliphatic carboxylic acids is 1. The van der Waals surface area contributed by atoms with Gasteiger partial charge in [0.15, 0.2) is 11.6 Å². The highest BCUT2D eigenvalue weighted by molar-refractivity contribution is 6.11. The normalized spacial score (nSPS) is 41.1. The Bertz CT molecular complexity index is 1010. The number of hydrogen-bond acceptors (Lipinski definition) is 5. The van der Waals surface area contributed by atoms with Gasteiger partial charge in [-0.25, -0.2) is 0 Å². The summed E-state index contributed by atoms with van der Waals surface area (Å²) in [5, 5.41) is 9.20. The molecule has 0 aromatic rings. The molecule has 6 heteroatoms. The van der Waals surface area contributed by atoms with Crippen LogP contribution in [0, 0.1) is 39.4 Å². The van der Waals surface area contributed by atoms with Crippen molar-refractivity contribution in [3.63, 3.8) is 0 Å². The summed E-state index contributed by atoms with van der Waals surface area (Å²) in [7, 11) is 0. The van der Waals surface area contributed by atoms with Gasteiger partial charge in [0.1, 0.15) is 6.10 Å². The number of ether oxygens (including phenoxy) is 1. The van der Waals surface area contributed by atoms with E-state index in [4.69, 9.17) is 4.74 Å². The fraction of sp³-hybridized carbons (Fsp3) is 0.793. The van der Waals surface area contributed by atoms with Gasteiger partial charge in [0.25, 0.3) is 0 Å². The summed E-state index contributed by atoms with van der Waals surface area (Å²) >= 11 is 0. The molecule has 4 aliphatic rings. The molecule has 0 amide bonds. The molecule has 7 unspecified atom stereocenters. The van der Waals surface area contributed by atoms with E-state index in [1.54, 1.807) is 0 Å². The fourth-order valence-corrected chi connectivity index (χ4v) is 9.06. The minimum Gasteiger partial charge on any atom is -0.481 e. The van der Waals surface area contributed by atoms with Crippen LogP contribution in [0.3, 0.4) is 0 Å². The first-order valence-electron chi connectivity index (χ1n) is 13.3. The number of allylic oxidation sites excluding steroid dienone is 2. The second-order valence-electron chi connectivity index (χ2n) is 13.2. The molecule has 0 aromatic carbocycles. The van der Waals surface area contributed by atoms with Crippen molar-refractivity contribution in [2.24, 2.45) is 39.4 Å². The van der Waals surface area contributed by atoms with Gasteiger partial charge >= 0.3 is 11.9 Å². The molecule has 1 N–H and O–H groups in total. The molecule has 4 rings (SSSR count). The molecule has 4 aliphatic carbocycles. The van der Waals surface area contributed by atoms with Crippen LogP contribution in [0.1, 0.15) is 99.8 Å². The third-order valence-electron chi connectivity index (χ3n) is 11.1. The average molecular weight is 487 g/mol. The minimum atomic E-state index is -0.791. The Morgan fingerprint density at radius 3 is 2.29 bits per heavy atom. The van der Waals surface area contributed by atoms with E-state index >= 15 is 0 Å². The van der Waals surface area contributed by atoms with E-state index in [2.05, 4.69) is 41.5 Å². The maximum atomic E-state index is 14.0. The summed E-state index contributed by atoms with van der Waals surface area (Å²) in [5.74, 6) is -0.602. The lowest BCUT2D eigenvalue weighted by Gasteiger charge is -2.60. The number of esters is 1. The van der Waals surface area contributed by atoms with Gasteiger partial charge in [0.05, 0.1) is 0 Å².